The lowest BCUT2D eigenvalue weighted by Gasteiger charge is -2.45. The zero-order valence-electron chi connectivity index (χ0n) is 9.91. The number of fused-ring (bicyclic) bond motifs is 1. The first-order valence-corrected chi connectivity index (χ1v) is 8.04. The van der Waals surface area contributed by atoms with Crippen LogP contribution in [0.5, 0.6) is 0 Å². The molecule has 1 aliphatic rings. The zero-order chi connectivity index (χ0) is 13.7. The molecule has 102 valence electrons. The molecule has 0 aliphatic carbocycles. The third-order valence-corrected chi connectivity index (χ3v) is 4.62. The van der Waals surface area contributed by atoms with Gasteiger partial charge in [0.1, 0.15) is 5.60 Å². The van der Waals surface area contributed by atoms with Crippen molar-refractivity contribution in [1.82, 2.24) is 9.84 Å². The van der Waals surface area contributed by atoms with E-state index in [-0.39, 0.29) is 13.1 Å². The van der Waals surface area contributed by atoms with E-state index in [1.165, 1.54) is 5.01 Å². The van der Waals surface area contributed by atoms with Crippen molar-refractivity contribution in [2.45, 2.75) is 5.60 Å². The summed E-state index contributed by atoms with van der Waals surface area (Å²) in [4.78, 5) is 2.15. The van der Waals surface area contributed by atoms with Crippen molar-refractivity contribution in [3.8, 4) is 0 Å². The Morgan fingerprint density at radius 2 is 2.05 bits per heavy atom. The molecule has 0 amide bonds. The average molecular weight is 299 g/mol. The molecule has 0 unspecified atom stereocenters. The fourth-order valence-corrected chi connectivity index (χ4v) is 3.88. The lowest BCUT2D eigenvalue weighted by Crippen LogP contribution is -2.65. The maximum absolute atomic E-state index is 10.9. The van der Waals surface area contributed by atoms with Gasteiger partial charge in [0.25, 0.3) is 10.2 Å². The van der Waals surface area contributed by atoms with Crippen LogP contribution in [0.15, 0.2) is 29.6 Å². The summed E-state index contributed by atoms with van der Waals surface area (Å²) in [5, 5.41) is 19.7. The van der Waals surface area contributed by atoms with Crippen LogP contribution in [-0.2, 0) is 15.8 Å². The van der Waals surface area contributed by atoms with E-state index in [9.17, 15) is 13.5 Å². The molecule has 3 rings (SSSR count). The minimum absolute atomic E-state index is 0.185. The first kappa shape index (κ1) is 13.0. The molecule has 1 aromatic heterocycles. The van der Waals surface area contributed by atoms with E-state index in [4.69, 9.17) is 5.14 Å². The van der Waals surface area contributed by atoms with E-state index < -0.39 is 15.8 Å². The van der Waals surface area contributed by atoms with Gasteiger partial charge in [-0.25, -0.2) is 10.1 Å². The van der Waals surface area contributed by atoms with Crippen molar-refractivity contribution in [3.05, 3.63) is 35.2 Å². The summed E-state index contributed by atoms with van der Waals surface area (Å²) < 4.78 is 22.9. The Kier molecular flexibility index (Phi) is 2.89. The van der Waals surface area contributed by atoms with Crippen molar-refractivity contribution < 1.29 is 13.5 Å². The zero-order valence-corrected chi connectivity index (χ0v) is 11.5. The van der Waals surface area contributed by atoms with Gasteiger partial charge in [-0.1, -0.05) is 18.2 Å². The number of β-amino-alcohol motifs (C(OH)–C–C–N with tert-alkyl or cyclic N) is 1. The van der Waals surface area contributed by atoms with Crippen LogP contribution in [0.2, 0.25) is 0 Å². The highest BCUT2D eigenvalue weighted by Gasteiger charge is 2.45. The van der Waals surface area contributed by atoms with E-state index in [0.717, 1.165) is 15.6 Å². The Hall–Kier alpha value is -1.03. The summed E-state index contributed by atoms with van der Waals surface area (Å²) in [5.74, 6) is 0. The van der Waals surface area contributed by atoms with Crippen LogP contribution in [0.3, 0.4) is 0 Å². The Morgan fingerprint density at radius 3 is 2.74 bits per heavy atom. The van der Waals surface area contributed by atoms with Crippen LogP contribution in [0.1, 0.15) is 5.56 Å². The number of hydrogen-bond acceptors (Lipinski definition) is 5. The number of benzene rings is 1. The summed E-state index contributed by atoms with van der Waals surface area (Å²) in [5.41, 5.74) is -0.197. The second-order valence-corrected chi connectivity index (χ2v) is 6.85. The number of hydrogen-bond donors (Lipinski definition) is 3. The van der Waals surface area contributed by atoms with Gasteiger partial charge in [-0.3, -0.25) is 0 Å². The molecule has 4 N–H and O–H groups in total. The van der Waals surface area contributed by atoms with Crippen molar-refractivity contribution in [2.24, 2.45) is 5.14 Å². The van der Waals surface area contributed by atoms with Crippen LogP contribution in [0, 0.1) is 0 Å². The predicted molar refractivity (Wildman–Crippen MR) is 73.5 cm³/mol. The molecule has 2 aromatic rings. The lowest BCUT2D eigenvalue weighted by atomic mass is 9.87. The van der Waals surface area contributed by atoms with Crippen LogP contribution in [0.25, 0.3) is 10.1 Å². The van der Waals surface area contributed by atoms with Gasteiger partial charge in [0.2, 0.25) is 0 Å². The van der Waals surface area contributed by atoms with E-state index in [1.807, 2.05) is 29.6 Å². The molecule has 1 aromatic carbocycles. The van der Waals surface area contributed by atoms with Gasteiger partial charge < -0.3 is 5.11 Å². The normalized spacial score (nSPS) is 19.5. The molecule has 0 bridgehead atoms. The van der Waals surface area contributed by atoms with Gasteiger partial charge in [0, 0.05) is 23.4 Å². The van der Waals surface area contributed by atoms with Crippen molar-refractivity contribution in [2.75, 3.05) is 13.1 Å². The third kappa shape index (κ3) is 2.38. The summed E-state index contributed by atoms with van der Waals surface area (Å²) in [7, 11) is -3.78. The molecule has 1 saturated heterocycles. The van der Waals surface area contributed by atoms with Gasteiger partial charge in [0.05, 0.1) is 0 Å². The summed E-state index contributed by atoms with van der Waals surface area (Å²) in [6.07, 6.45) is 0. The molecule has 0 atom stereocenters. The number of rotatable bonds is 3. The fourth-order valence-electron chi connectivity index (χ4n) is 2.34. The van der Waals surface area contributed by atoms with Gasteiger partial charge >= 0.3 is 0 Å². The molecule has 8 heteroatoms. The quantitative estimate of drug-likeness (QED) is 0.749. The standard InChI is InChI=1S/C11H13N3O3S2/c12-19(16,17)13-14-6-11(15,7-14)9-5-18-10-4-2-1-3-8(9)10/h1-5,13,15H,6-7H2,(H2,12,16,17). The van der Waals surface area contributed by atoms with E-state index >= 15 is 0 Å². The van der Waals surface area contributed by atoms with Gasteiger partial charge in [0.15, 0.2) is 0 Å². The highest BCUT2D eigenvalue weighted by molar-refractivity contribution is 7.87. The Balaban J connectivity index is 1.84. The maximum atomic E-state index is 10.9. The number of nitrogens with two attached hydrogens (primary N) is 1. The molecule has 1 fully saturated rings. The van der Waals surface area contributed by atoms with E-state index in [0.29, 0.717) is 0 Å². The van der Waals surface area contributed by atoms with Gasteiger partial charge in [-0.05, 0) is 16.8 Å². The number of nitrogens with one attached hydrogen (secondary N) is 1. The molecular formula is C11H13N3O3S2. The average Bonchev–Trinajstić information content (AvgIpc) is 2.68. The molecular weight excluding hydrogens is 286 g/mol. The van der Waals surface area contributed by atoms with Gasteiger partial charge in [-0.15, -0.1) is 16.2 Å². The van der Waals surface area contributed by atoms with Crippen molar-refractivity contribution in [3.63, 3.8) is 0 Å². The lowest BCUT2D eigenvalue weighted by molar-refractivity contribution is -0.113. The Bertz CT molecular complexity index is 720. The van der Waals surface area contributed by atoms with Crippen LogP contribution in [0.4, 0.5) is 0 Å². The number of aliphatic hydroxyl groups is 1. The molecule has 0 saturated carbocycles. The number of hydrazine groups is 1. The van der Waals surface area contributed by atoms with Gasteiger partial charge in [-0.2, -0.15) is 8.42 Å². The molecule has 0 radical (unpaired) electrons. The summed E-state index contributed by atoms with van der Waals surface area (Å²) in [6.45, 7) is 0.369. The molecule has 6 nitrogen and oxygen atoms in total. The maximum Gasteiger partial charge on any atom is 0.287 e. The smallest absolute Gasteiger partial charge is 0.287 e. The van der Waals surface area contributed by atoms with E-state index in [1.54, 1.807) is 11.3 Å². The molecule has 0 spiro atoms. The second-order valence-electron chi connectivity index (χ2n) is 4.67. The SMILES string of the molecule is NS(=O)(=O)NN1CC(O)(c2csc3ccccc23)C1. The van der Waals surface area contributed by atoms with Crippen LogP contribution < -0.4 is 9.97 Å². The third-order valence-electron chi connectivity index (χ3n) is 3.14. The Labute approximate surface area is 114 Å². The van der Waals surface area contributed by atoms with E-state index in [2.05, 4.69) is 4.83 Å². The highest BCUT2D eigenvalue weighted by atomic mass is 32.2. The largest absolute Gasteiger partial charge is 0.382 e. The highest BCUT2D eigenvalue weighted by Crippen LogP contribution is 2.38. The van der Waals surface area contributed by atoms with Crippen LogP contribution in [-0.4, -0.2) is 31.6 Å². The first-order valence-electron chi connectivity index (χ1n) is 5.62. The fraction of sp³-hybridized carbons (Fsp3) is 0.273. The Morgan fingerprint density at radius 1 is 1.37 bits per heavy atom. The van der Waals surface area contributed by atoms with Crippen molar-refractivity contribution in [1.29, 1.82) is 0 Å². The molecule has 19 heavy (non-hydrogen) atoms. The second kappa shape index (κ2) is 4.23. The number of thiophene rings is 1. The molecule has 2 heterocycles. The monoisotopic (exact) mass is 299 g/mol. The topological polar surface area (TPSA) is 95.7 Å². The molecule has 1 aliphatic heterocycles. The van der Waals surface area contributed by atoms with Crippen molar-refractivity contribution >= 4 is 31.6 Å². The minimum Gasteiger partial charge on any atom is -0.382 e. The summed E-state index contributed by atoms with van der Waals surface area (Å²) in [6, 6.07) is 7.81. The number of nitrogens with zero attached hydrogens (tertiary/aromatic N) is 1. The minimum atomic E-state index is -3.78. The summed E-state index contributed by atoms with van der Waals surface area (Å²) >= 11 is 1.56. The van der Waals surface area contributed by atoms with Crippen LogP contribution >= 0.6 is 11.3 Å². The predicted octanol–water partition coefficient (Wildman–Crippen LogP) is 0.113. The first-order chi connectivity index (χ1) is 8.87.